The van der Waals surface area contributed by atoms with Gasteiger partial charge in [0.05, 0.1) is 6.20 Å². The highest BCUT2D eigenvalue weighted by molar-refractivity contribution is 5.12. The highest BCUT2D eigenvalue weighted by Crippen LogP contribution is 2.29. The van der Waals surface area contributed by atoms with Crippen molar-refractivity contribution in [3.05, 3.63) is 18.0 Å². The molecule has 0 spiro atoms. The summed E-state index contributed by atoms with van der Waals surface area (Å²) >= 11 is 0. The molecule has 0 saturated heterocycles. The first-order chi connectivity index (χ1) is 9.26. The fraction of sp³-hybridized carbons (Fsp3) is 0.812. The van der Waals surface area contributed by atoms with E-state index < -0.39 is 0 Å². The average Bonchev–Trinajstić information content (AvgIpc) is 2.88. The van der Waals surface area contributed by atoms with Crippen LogP contribution in [0, 0.1) is 5.92 Å². The lowest BCUT2D eigenvalue weighted by Crippen LogP contribution is -2.29. The van der Waals surface area contributed by atoms with E-state index in [-0.39, 0.29) is 0 Å². The second-order valence-corrected chi connectivity index (χ2v) is 5.40. The molecule has 1 atom stereocenters. The van der Waals surface area contributed by atoms with Crippen LogP contribution in [0.25, 0.3) is 0 Å². The van der Waals surface area contributed by atoms with E-state index in [0.717, 1.165) is 19.0 Å². The van der Waals surface area contributed by atoms with E-state index in [1.54, 1.807) is 0 Å². The summed E-state index contributed by atoms with van der Waals surface area (Å²) in [5.41, 5.74) is 1.36. The van der Waals surface area contributed by atoms with E-state index in [2.05, 4.69) is 50.5 Å². The highest BCUT2D eigenvalue weighted by atomic mass is 15.3. The monoisotopic (exact) mass is 265 g/mol. The van der Waals surface area contributed by atoms with Crippen molar-refractivity contribution >= 4 is 0 Å². The molecule has 0 aliphatic rings. The molecule has 0 fully saturated rings. The number of hydrogen-bond acceptors (Lipinski definition) is 2. The maximum absolute atomic E-state index is 4.44. The van der Waals surface area contributed by atoms with Crippen molar-refractivity contribution in [3.8, 4) is 0 Å². The third kappa shape index (κ3) is 4.98. The maximum Gasteiger partial charge on any atom is 0.0537 e. The van der Waals surface area contributed by atoms with Gasteiger partial charge in [0, 0.05) is 24.3 Å². The second-order valence-electron chi connectivity index (χ2n) is 5.40. The van der Waals surface area contributed by atoms with Crippen LogP contribution < -0.4 is 5.32 Å². The predicted molar refractivity (Wildman–Crippen MR) is 82.2 cm³/mol. The molecule has 0 amide bonds. The predicted octanol–water partition coefficient (Wildman–Crippen LogP) is 4.16. The summed E-state index contributed by atoms with van der Waals surface area (Å²) < 4.78 is 2.03. The Labute approximate surface area is 118 Å². The first-order valence-corrected chi connectivity index (χ1v) is 8.02. The molecular formula is C16H31N3. The summed E-state index contributed by atoms with van der Waals surface area (Å²) in [5.74, 6) is 0.732. The Kier molecular flexibility index (Phi) is 7.80. The maximum atomic E-state index is 4.44. The minimum absolute atomic E-state index is 0.472. The van der Waals surface area contributed by atoms with Crippen molar-refractivity contribution in [1.29, 1.82) is 0 Å². The molecule has 0 aromatic carbocycles. The Morgan fingerprint density at radius 1 is 1.11 bits per heavy atom. The SMILES string of the molecule is CCCNC(c1cnn(CC)c1)C(CCC)CCC. The quantitative estimate of drug-likeness (QED) is 0.688. The van der Waals surface area contributed by atoms with Crippen molar-refractivity contribution in [1.82, 2.24) is 15.1 Å². The normalized spacial score (nSPS) is 13.1. The molecule has 1 aromatic rings. The molecule has 3 heteroatoms. The number of aromatic nitrogens is 2. The van der Waals surface area contributed by atoms with Gasteiger partial charge in [-0.05, 0) is 38.6 Å². The van der Waals surface area contributed by atoms with Gasteiger partial charge in [0.2, 0.25) is 0 Å². The van der Waals surface area contributed by atoms with Crippen LogP contribution in [-0.2, 0) is 6.54 Å². The summed E-state index contributed by atoms with van der Waals surface area (Å²) in [4.78, 5) is 0. The van der Waals surface area contributed by atoms with Gasteiger partial charge in [0.25, 0.3) is 0 Å². The Bertz CT molecular complexity index is 326. The Morgan fingerprint density at radius 3 is 2.26 bits per heavy atom. The lowest BCUT2D eigenvalue weighted by atomic mass is 9.87. The van der Waals surface area contributed by atoms with Gasteiger partial charge in [-0.25, -0.2) is 0 Å². The topological polar surface area (TPSA) is 29.9 Å². The zero-order chi connectivity index (χ0) is 14.1. The average molecular weight is 265 g/mol. The van der Waals surface area contributed by atoms with Crippen LogP contribution in [0.1, 0.15) is 71.4 Å². The lowest BCUT2D eigenvalue weighted by molar-refractivity contribution is 0.316. The van der Waals surface area contributed by atoms with Crippen LogP contribution in [0.3, 0.4) is 0 Å². The van der Waals surface area contributed by atoms with E-state index in [0.29, 0.717) is 6.04 Å². The molecule has 0 radical (unpaired) electrons. The van der Waals surface area contributed by atoms with Crippen molar-refractivity contribution < 1.29 is 0 Å². The standard InChI is InChI=1S/C16H31N3/c1-5-9-14(10-6-2)16(17-11-7-3)15-12-18-19(8-4)13-15/h12-14,16-17H,5-11H2,1-4H3. The van der Waals surface area contributed by atoms with E-state index in [1.165, 1.54) is 37.7 Å². The summed E-state index contributed by atoms with van der Waals surface area (Å²) in [6, 6.07) is 0.472. The first-order valence-electron chi connectivity index (χ1n) is 8.02. The highest BCUT2D eigenvalue weighted by Gasteiger charge is 2.22. The van der Waals surface area contributed by atoms with Gasteiger partial charge < -0.3 is 5.32 Å². The first kappa shape index (κ1) is 16.2. The molecule has 0 saturated carbocycles. The zero-order valence-electron chi connectivity index (χ0n) is 13.2. The van der Waals surface area contributed by atoms with Gasteiger partial charge >= 0.3 is 0 Å². The number of aryl methyl sites for hydroxylation is 1. The van der Waals surface area contributed by atoms with Gasteiger partial charge in [0.1, 0.15) is 0 Å². The van der Waals surface area contributed by atoms with E-state index in [4.69, 9.17) is 0 Å². The second kappa shape index (κ2) is 9.13. The van der Waals surface area contributed by atoms with Crippen LogP contribution in [0.4, 0.5) is 0 Å². The molecule has 1 rings (SSSR count). The van der Waals surface area contributed by atoms with Crippen LogP contribution in [-0.4, -0.2) is 16.3 Å². The van der Waals surface area contributed by atoms with Gasteiger partial charge in [-0.3, -0.25) is 4.68 Å². The molecule has 110 valence electrons. The number of nitrogens with zero attached hydrogens (tertiary/aromatic N) is 2. The largest absolute Gasteiger partial charge is 0.310 e. The van der Waals surface area contributed by atoms with Crippen molar-refractivity contribution in [3.63, 3.8) is 0 Å². The minimum Gasteiger partial charge on any atom is -0.310 e. The molecule has 1 aromatic heterocycles. The smallest absolute Gasteiger partial charge is 0.0537 e. The third-order valence-corrected chi connectivity index (χ3v) is 3.74. The summed E-state index contributed by atoms with van der Waals surface area (Å²) in [6.45, 7) is 11.0. The van der Waals surface area contributed by atoms with Crippen molar-refractivity contribution in [2.45, 2.75) is 72.4 Å². The molecule has 1 heterocycles. The molecule has 1 unspecified atom stereocenters. The lowest BCUT2D eigenvalue weighted by Gasteiger charge is -2.27. The molecular weight excluding hydrogens is 234 g/mol. The molecule has 1 N–H and O–H groups in total. The summed E-state index contributed by atoms with van der Waals surface area (Å²) in [7, 11) is 0. The summed E-state index contributed by atoms with van der Waals surface area (Å²) in [6.07, 6.45) is 10.6. The molecule has 0 aliphatic carbocycles. The Morgan fingerprint density at radius 2 is 1.79 bits per heavy atom. The summed E-state index contributed by atoms with van der Waals surface area (Å²) in [5, 5.41) is 8.18. The van der Waals surface area contributed by atoms with Gasteiger partial charge in [-0.2, -0.15) is 5.10 Å². The molecule has 3 nitrogen and oxygen atoms in total. The minimum atomic E-state index is 0.472. The van der Waals surface area contributed by atoms with Crippen LogP contribution in [0.5, 0.6) is 0 Å². The van der Waals surface area contributed by atoms with E-state index in [1.807, 2.05) is 4.68 Å². The van der Waals surface area contributed by atoms with E-state index >= 15 is 0 Å². The number of hydrogen-bond donors (Lipinski definition) is 1. The Hall–Kier alpha value is -0.830. The van der Waals surface area contributed by atoms with Crippen LogP contribution in [0.15, 0.2) is 12.4 Å². The fourth-order valence-corrected chi connectivity index (χ4v) is 2.79. The number of nitrogens with one attached hydrogen (secondary N) is 1. The molecule has 0 aliphatic heterocycles. The van der Waals surface area contributed by atoms with Crippen molar-refractivity contribution in [2.24, 2.45) is 5.92 Å². The molecule has 0 bridgehead atoms. The van der Waals surface area contributed by atoms with Gasteiger partial charge in [0.15, 0.2) is 0 Å². The van der Waals surface area contributed by atoms with Gasteiger partial charge in [-0.1, -0.05) is 33.6 Å². The van der Waals surface area contributed by atoms with Crippen LogP contribution >= 0.6 is 0 Å². The Balaban J connectivity index is 2.83. The number of rotatable bonds is 10. The third-order valence-electron chi connectivity index (χ3n) is 3.74. The van der Waals surface area contributed by atoms with Crippen LogP contribution in [0.2, 0.25) is 0 Å². The fourth-order valence-electron chi connectivity index (χ4n) is 2.79. The van der Waals surface area contributed by atoms with Crippen molar-refractivity contribution in [2.75, 3.05) is 6.54 Å². The van der Waals surface area contributed by atoms with E-state index in [9.17, 15) is 0 Å². The molecule has 19 heavy (non-hydrogen) atoms. The zero-order valence-corrected chi connectivity index (χ0v) is 13.2. The van der Waals surface area contributed by atoms with Gasteiger partial charge in [-0.15, -0.1) is 0 Å².